The van der Waals surface area contributed by atoms with Crippen LogP contribution in [0.1, 0.15) is 33.6 Å². The molecule has 3 nitrogen and oxygen atoms in total. The standard InChI is InChI=1S/C9H14O3/c1-6-4-8(2)5-7(10)9(3,11-6)12-8/h6H,4-5H2,1-3H3/t6-,8+,9+/m0/s1. The molecule has 2 aliphatic rings. The molecule has 0 spiro atoms. The van der Waals surface area contributed by atoms with Gasteiger partial charge < -0.3 is 9.47 Å². The number of ether oxygens (including phenoxy) is 2. The molecule has 2 heterocycles. The van der Waals surface area contributed by atoms with E-state index < -0.39 is 5.79 Å². The molecule has 0 aromatic heterocycles. The minimum Gasteiger partial charge on any atom is -0.341 e. The third-order valence-corrected chi connectivity index (χ3v) is 2.63. The van der Waals surface area contributed by atoms with Crippen molar-refractivity contribution >= 4 is 5.78 Å². The van der Waals surface area contributed by atoms with Gasteiger partial charge in [0.25, 0.3) is 0 Å². The lowest BCUT2D eigenvalue weighted by Crippen LogP contribution is -2.46. The summed E-state index contributed by atoms with van der Waals surface area (Å²) in [4.78, 5) is 11.5. The Bertz CT molecular complexity index is 238. The number of fused-ring (bicyclic) bond motifs is 2. The largest absolute Gasteiger partial charge is 0.341 e. The predicted molar refractivity (Wildman–Crippen MR) is 42.7 cm³/mol. The van der Waals surface area contributed by atoms with Gasteiger partial charge in [-0.15, -0.1) is 0 Å². The first-order valence-electron chi connectivity index (χ1n) is 4.35. The van der Waals surface area contributed by atoms with Crippen molar-refractivity contribution in [2.24, 2.45) is 0 Å². The van der Waals surface area contributed by atoms with Crippen LogP contribution in [0.2, 0.25) is 0 Å². The third kappa shape index (κ3) is 1.00. The van der Waals surface area contributed by atoms with Crippen molar-refractivity contribution in [1.82, 2.24) is 0 Å². The Hall–Kier alpha value is -0.410. The van der Waals surface area contributed by atoms with Crippen molar-refractivity contribution in [2.75, 3.05) is 0 Å². The van der Waals surface area contributed by atoms with Crippen molar-refractivity contribution in [1.29, 1.82) is 0 Å². The number of carbonyl (C=O) groups excluding carboxylic acids is 1. The molecule has 2 rings (SSSR count). The Morgan fingerprint density at radius 2 is 2.17 bits per heavy atom. The van der Waals surface area contributed by atoms with Crippen molar-refractivity contribution in [2.45, 2.75) is 51.1 Å². The Labute approximate surface area is 72.0 Å². The quantitative estimate of drug-likeness (QED) is 0.549. The summed E-state index contributed by atoms with van der Waals surface area (Å²) in [5.41, 5.74) is -0.274. The first kappa shape index (κ1) is 8.20. The molecular formula is C9H14O3. The maximum atomic E-state index is 11.5. The lowest BCUT2D eigenvalue weighted by Gasteiger charge is -2.38. The van der Waals surface area contributed by atoms with Crippen LogP contribution in [0.3, 0.4) is 0 Å². The van der Waals surface area contributed by atoms with Crippen LogP contribution in [0, 0.1) is 0 Å². The summed E-state index contributed by atoms with van der Waals surface area (Å²) in [6.07, 6.45) is 1.43. The molecule has 0 aliphatic carbocycles. The fourth-order valence-corrected chi connectivity index (χ4v) is 2.30. The van der Waals surface area contributed by atoms with Gasteiger partial charge in [-0.1, -0.05) is 0 Å². The summed E-state index contributed by atoms with van der Waals surface area (Å²) < 4.78 is 11.1. The van der Waals surface area contributed by atoms with E-state index >= 15 is 0 Å². The van der Waals surface area contributed by atoms with Crippen molar-refractivity contribution < 1.29 is 14.3 Å². The van der Waals surface area contributed by atoms with E-state index in [0.717, 1.165) is 6.42 Å². The Morgan fingerprint density at radius 3 is 2.75 bits per heavy atom. The Kier molecular flexibility index (Phi) is 1.43. The van der Waals surface area contributed by atoms with Gasteiger partial charge >= 0.3 is 0 Å². The number of hydrogen-bond acceptors (Lipinski definition) is 3. The molecule has 3 atom stereocenters. The predicted octanol–water partition coefficient (Wildman–Crippen LogP) is 1.26. The van der Waals surface area contributed by atoms with Gasteiger partial charge in [0.05, 0.1) is 11.7 Å². The topological polar surface area (TPSA) is 35.5 Å². The molecule has 0 aromatic rings. The van der Waals surface area contributed by atoms with E-state index in [4.69, 9.17) is 9.47 Å². The zero-order chi connectivity index (χ0) is 8.98. The maximum Gasteiger partial charge on any atom is 0.226 e. The van der Waals surface area contributed by atoms with Crippen molar-refractivity contribution in [3.63, 3.8) is 0 Å². The molecule has 2 fully saturated rings. The van der Waals surface area contributed by atoms with Gasteiger partial charge in [-0.3, -0.25) is 4.79 Å². The van der Waals surface area contributed by atoms with E-state index in [1.165, 1.54) is 0 Å². The second-order valence-electron chi connectivity index (χ2n) is 4.23. The Morgan fingerprint density at radius 1 is 1.50 bits per heavy atom. The molecule has 3 heteroatoms. The molecular weight excluding hydrogens is 156 g/mol. The lowest BCUT2D eigenvalue weighted by molar-refractivity contribution is -0.287. The van der Waals surface area contributed by atoms with Gasteiger partial charge in [0, 0.05) is 12.8 Å². The molecule has 12 heavy (non-hydrogen) atoms. The molecule has 68 valence electrons. The highest BCUT2D eigenvalue weighted by Gasteiger charge is 2.56. The molecule has 2 aliphatic heterocycles. The molecule has 2 saturated heterocycles. The van der Waals surface area contributed by atoms with Crippen LogP contribution in [0.15, 0.2) is 0 Å². The highest BCUT2D eigenvalue weighted by atomic mass is 16.7. The molecule has 0 aromatic carbocycles. The van der Waals surface area contributed by atoms with Crippen LogP contribution in [0.4, 0.5) is 0 Å². The number of rotatable bonds is 0. The van der Waals surface area contributed by atoms with Crippen LogP contribution in [0.25, 0.3) is 0 Å². The molecule has 0 N–H and O–H groups in total. The lowest BCUT2D eigenvalue weighted by atomic mass is 9.96. The highest BCUT2D eigenvalue weighted by molar-refractivity contribution is 5.88. The van der Waals surface area contributed by atoms with E-state index in [0.29, 0.717) is 6.42 Å². The molecule has 2 bridgehead atoms. The normalized spacial score (nSPS) is 52.9. The van der Waals surface area contributed by atoms with E-state index in [2.05, 4.69) is 0 Å². The smallest absolute Gasteiger partial charge is 0.226 e. The van der Waals surface area contributed by atoms with Crippen LogP contribution in [-0.4, -0.2) is 23.3 Å². The van der Waals surface area contributed by atoms with E-state index in [1.54, 1.807) is 6.92 Å². The van der Waals surface area contributed by atoms with Gasteiger partial charge in [0.1, 0.15) is 0 Å². The number of carbonyl (C=O) groups is 1. The van der Waals surface area contributed by atoms with Crippen LogP contribution in [0.5, 0.6) is 0 Å². The summed E-state index contributed by atoms with van der Waals surface area (Å²) >= 11 is 0. The number of ketones is 1. The highest BCUT2D eigenvalue weighted by Crippen LogP contribution is 2.44. The van der Waals surface area contributed by atoms with Gasteiger partial charge in [-0.2, -0.15) is 0 Å². The van der Waals surface area contributed by atoms with E-state index in [9.17, 15) is 4.79 Å². The first-order valence-corrected chi connectivity index (χ1v) is 4.35. The minimum absolute atomic E-state index is 0.0781. The second-order valence-corrected chi connectivity index (χ2v) is 4.23. The fourth-order valence-electron chi connectivity index (χ4n) is 2.30. The SMILES string of the molecule is C[C@H]1C[C@]2(C)CC(=O)[C@](C)(O1)O2. The summed E-state index contributed by atoms with van der Waals surface area (Å²) in [6.45, 7) is 5.68. The maximum absolute atomic E-state index is 11.5. The van der Waals surface area contributed by atoms with E-state index in [1.807, 2.05) is 13.8 Å². The van der Waals surface area contributed by atoms with Crippen LogP contribution in [-0.2, 0) is 14.3 Å². The zero-order valence-corrected chi connectivity index (χ0v) is 7.72. The molecule has 0 radical (unpaired) electrons. The van der Waals surface area contributed by atoms with Gasteiger partial charge in [-0.05, 0) is 20.8 Å². The molecule has 0 unspecified atom stereocenters. The van der Waals surface area contributed by atoms with Gasteiger partial charge in [0.2, 0.25) is 5.79 Å². The van der Waals surface area contributed by atoms with E-state index in [-0.39, 0.29) is 17.5 Å². The summed E-state index contributed by atoms with van der Waals surface area (Å²) in [5.74, 6) is -0.874. The van der Waals surface area contributed by atoms with Gasteiger partial charge in [-0.25, -0.2) is 0 Å². The minimum atomic E-state index is -0.952. The monoisotopic (exact) mass is 170 g/mol. The van der Waals surface area contributed by atoms with Crippen molar-refractivity contribution in [3.8, 4) is 0 Å². The third-order valence-electron chi connectivity index (χ3n) is 2.63. The molecule has 0 amide bonds. The average Bonchev–Trinajstić information content (AvgIpc) is 1.96. The fraction of sp³-hybridized carbons (Fsp3) is 0.889. The number of Topliss-reactive ketones (excluding diaryl/α,β-unsaturated/α-hetero) is 1. The first-order chi connectivity index (χ1) is 5.44. The number of hydrogen-bond donors (Lipinski definition) is 0. The zero-order valence-electron chi connectivity index (χ0n) is 7.72. The molecule has 0 saturated carbocycles. The summed E-state index contributed by atoms with van der Waals surface area (Å²) in [7, 11) is 0. The average molecular weight is 170 g/mol. The second kappa shape index (κ2) is 2.09. The van der Waals surface area contributed by atoms with Crippen molar-refractivity contribution in [3.05, 3.63) is 0 Å². The summed E-state index contributed by atoms with van der Waals surface area (Å²) in [5, 5.41) is 0. The van der Waals surface area contributed by atoms with Crippen LogP contribution < -0.4 is 0 Å². The van der Waals surface area contributed by atoms with Gasteiger partial charge in [0.15, 0.2) is 5.78 Å². The summed E-state index contributed by atoms with van der Waals surface area (Å²) in [6, 6.07) is 0. The Balaban J connectivity index is 2.33. The van der Waals surface area contributed by atoms with Crippen LogP contribution >= 0.6 is 0 Å².